The van der Waals surface area contributed by atoms with Gasteiger partial charge in [0.05, 0.1) is 0 Å². The van der Waals surface area contributed by atoms with Gasteiger partial charge in [0.2, 0.25) is 0 Å². The van der Waals surface area contributed by atoms with Crippen molar-refractivity contribution in [3.8, 4) is 0 Å². The summed E-state index contributed by atoms with van der Waals surface area (Å²) >= 11 is 0. The van der Waals surface area contributed by atoms with E-state index in [4.69, 9.17) is 0 Å². The van der Waals surface area contributed by atoms with Gasteiger partial charge in [-0.1, -0.05) is 67.1 Å². The zero-order valence-electron chi connectivity index (χ0n) is 17.5. The summed E-state index contributed by atoms with van der Waals surface area (Å²) in [7, 11) is 0. The first kappa shape index (κ1) is 20.9. The number of rotatable bonds is 0. The molecule has 0 aromatic carbocycles. The fourth-order valence-corrected chi connectivity index (χ4v) is 4.76. The normalized spacial score (nSPS) is 34.2. The number of hydrogen-bond donors (Lipinski definition) is 0. The Balaban J connectivity index is 0.000000173. The summed E-state index contributed by atoms with van der Waals surface area (Å²) in [5.74, 6) is 3.56. The molecule has 0 aliphatic carbocycles. The minimum atomic E-state index is 0. The monoisotopic (exact) mass is 394 g/mol. The van der Waals surface area contributed by atoms with Crippen LogP contribution >= 0.6 is 0 Å². The molecule has 4 rings (SSSR count). The number of hydrogen-bond acceptors (Lipinski definition) is 2. The van der Waals surface area contributed by atoms with Crippen LogP contribution in [-0.4, -0.2) is 33.8 Å². The van der Waals surface area contributed by atoms with E-state index in [1.54, 1.807) is 0 Å². The van der Waals surface area contributed by atoms with Crippen LogP contribution in [0, 0.1) is 11.8 Å². The Hall–Kier alpha value is -0.437. The van der Waals surface area contributed by atoms with E-state index < -0.39 is 0 Å². The molecule has 4 heterocycles. The van der Waals surface area contributed by atoms with E-state index in [2.05, 4.69) is 76.0 Å². The number of fused-ring (bicyclic) bond motifs is 2. The standard InChI is InChI=1S/2C10H17N2.Zn/c2*1-9(2)5-7-6-10(3,4)12-8(7)11-9;/h2*7H,5-6H2,1-4H3;/q2*-1;+2. The predicted octanol–water partition coefficient (Wildman–Crippen LogP) is 5.48. The van der Waals surface area contributed by atoms with Gasteiger partial charge >= 0.3 is 19.5 Å². The van der Waals surface area contributed by atoms with Crippen LogP contribution < -0.4 is 0 Å². The van der Waals surface area contributed by atoms with Gasteiger partial charge in [-0.3, -0.25) is 0 Å². The Kier molecular flexibility index (Phi) is 5.28. The number of amidine groups is 2. The summed E-state index contributed by atoms with van der Waals surface area (Å²) in [6.07, 6.45) is 4.76. The third-order valence-electron chi connectivity index (χ3n) is 5.38. The van der Waals surface area contributed by atoms with E-state index >= 15 is 0 Å². The number of aliphatic imine (C=N–C) groups is 2. The zero-order chi connectivity index (χ0) is 18.0. The summed E-state index contributed by atoms with van der Waals surface area (Å²) in [5, 5.41) is 9.26. The molecule has 0 N–H and O–H groups in total. The van der Waals surface area contributed by atoms with Crippen molar-refractivity contribution in [2.45, 2.75) is 103 Å². The third kappa shape index (κ3) is 4.84. The van der Waals surface area contributed by atoms with Crippen LogP contribution in [0.5, 0.6) is 0 Å². The van der Waals surface area contributed by atoms with Gasteiger partial charge in [0.25, 0.3) is 0 Å². The molecule has 0 aromatic heterocycles. The van der Waals surface area contributed by atoms with Gasteiger partial charge in [-0.25, -0.2) is 0 Å². The van der Waals surface area contributed by atoms with Gasteiger partial charge < -0.3 is 20.6 Å². The fourth-order valence-electron chi connectivity index (χ4n) is 4.76. The molecule has 0 bridgehead atoms. The van der Waals surface area contributed by atoms with Crippen molar-refractivity contribution in [1.29, 1.82) is 0 Å². The van der Waals surface area contributed by atoms with Crippen LogP contribution in [0.25, 0.3) is 10.6 Å². The van der Waals surface area contributed by atoms with E-state index in [1.165, 1.54) is 25.7 Å². The molecule has 0 aromatic rings. The molecule has 136 valence electrons. The molecule has 2 unspecified atom stereocenters. The van der Waals surface area contributed by atoms with Crippen LogP contribution in [0.2, 0.25) is 0 Å². The molecule has 5 heteroatoms. The van der Waals surface area contributed by atoms with Crippen molar-refractivity contribution < 1.29 is 19.5 Å². The molecule has 0 saturated carbocycles. The average Bonchev–Trinajstić information content (AvgIpc) is 2.89. The molecule has 0 radical (unpaired) electrons. The first-order valence-corrected chi connectivity index (χ1v) is 9.41. The molecule has 4 nitrogen and oxygen atoms in total. The van der Waals surface area contributed by atoms with Gasteiger partial charge in [-0.2, -0.15) is 0 Å². The molecule has 2 atom stereocenters. The van der Waals surface area contributed by atoms with Crippen molar-refractivity contribution in [2.75, 3.05) is 0 Å². The van der Waals surface area contributed by atoms with Crippen LogP contribution in [0.4, 0.5) is 0 Å². The smallest absolute Gasteiger partial charge is 0.463 e. The molecular weight excluding hydrogens is 362 g/mol. The maximum atomic E-state index is 4.63. The van der Waals surface area contributed by atoms with Gasteiger partial charge in [0.1, 0.15) is 0 Å². The van der Waals surface area contributed by atoms with E-state index in [1.807, 2.05) is 0 Å². The van der Waals surface area contributed by atoms with Crippen molar-refractivity contribution in [1.82, 2.24) is 0 Å². The maximum Gasteiger partial charge on any atom is 2.00 e. The van der Waals surface area contributed by atoms with Crippen molar-refractivity contribution in [3.63, 3.8) is 0 Å². The Morgan fingerprint density at radius 2 is 0.960 bits per heavy atom. The molecule has 2 saturated heterocycles. The summed E-state index contributed by atoms with van der Waals surface area (Å²) < 4.78 is 0. The quantitative estimate of drug-likeness (QED) is 0.488. The van der Waals surface area contributed by atoms with Crippen molar-refractivity contribution in [3.05, 3.63) is 10.6 Å². The summed E-state index contributed by atoms with van der Waals surface area (Å²) in [6.45, 7) is 17.6. The van der Waals surface area contributed by atoms with Crippen molar-refractivity contribution >= 4 is 11.7 Å². The maximum absolute atomic E-state index is 4.63. The first-order valence-electron chi connectivity index (χ1n) is 9.41. The Labute approximate surface area is 166 Å². The molecule has 0 amide bonds. The van der Waals surface area contributed by atoms with Crippen LogP contribution in [0.3, 0.4) is 0 Å². The second-order valence-corrected chi connectivity index (χ2v) is 10.6. The minimum absolute atomic E-state index is 0. The Bertz CT molecular complexity index is 535. The van der Waals surface area contributed by atoms with Gasteiger partial charge in [-0.15, -0.1) is 0 Å². The van der Waals surface area contributed by atoms with Gasteiger partial charge in [-0.05, 0) is 59.7 Å². The first-order chi connectivity index (χ1) is 10.8. The summed E-state index contributed by atoms with van der Waals surface area (Å²) in [5.41, 5.74) is 0.611. The molecule has 0 spiro atoms. The largest absolute Gasteiger partial charge is 2.00 e. The summed E-state index contributed by atoms with van der Waals surface area (Å²) in [4.78, 5) is 9.26. The zero-order valence-corrected chi connectivity index (χ0v) is 20.4. The van der Waals surface area contributed by atoms with Crippen molar-refractivity contribution in [2.24, 2.45) is 21.8 Å². The van der Waals surface area contributed by atoms with Crippen LogP contribution in [0.1, 0.15) is 81.1 Å². The van der Waals surface area contributed by atoms with Crippen LogP contribution in [0.15, 0.2) is 9.98 Å². The Morgan fingerprint density at radius 3 is 1.24 bits per heavy atom. The van der Waals surface area contributed by atoms with Gasteiger partial charge in [0, 0.05) is 0 Å². The molecule has 25 heavy (non-hydrogen) atoms. The van der Waals surface area contributed by atoms with E-state index in [-0.39, 0.29) is 41.6 Å². The topological polar surface area (TPSA) is 52.9 Å². The predicted molar refractivity (Wildman–Crippen MR) is 103 cm³/mol. The van der Waals surface area contributed by atoms with E-state index in [0.29, 0.717) is 11.8 Å². The molecule has 4 aliphatic rings. The molecule has 2 fully saturated rings. The third-order valence-corrected chi connectivity index (χ3v) is 5.38. The van der Waals surface area contributed by atoms with Gasteiger partial charge in [0.15, 0.2) is 0 Å². The second kappa shape index (κ2) is 6.32. The Morgan fingerprint density at radius 1 is 0.640 bits per heavy atom. The SMILES string of the molecule is CC1(C)CC2CC(C)(C)[N-]C2=N1.CC1(C)CC2CC(C)(C)[N-]C2=N1.[Zn+2]. The van der Waals surface area contributed by atoms with E-state index in [9.17, 15) is 0 Å². The fraction of sp³-hybridized carbons (Fsp3) is 0.900. The second-order valence-electron chi connectivity index (χ2n) is 10.6. The summed E-state index contributed by atoms with van der Waals surface area (Å²) in [6, 6.07) is 0. The number of nitrogens with zero attached hydrogens (tertiary/aromatic N) is 4. The molecular formula is C20H34N4Zn. The minimum Gasteiger partial charge on any atom is -0.463 e. The van der Waals surface area contributed by atoms with E-state index in [0.717, 1.165) is 11.7 Å². The average molecular weight is 396 g/mol. The van der Waals surface area contributed by atoms with Crippen LogP contribution in [-0.2, 0) is 19.5 Å². The molecule has 4 aliphatic heterocycles.